The molecule has 3 saturated carbocycles. The molecule has 0 unspecified atom stereocenters. The largest absolute Gasteiger partial charge is 0.381 e. The third-order valence-corrected chi connectivity index (χ3v) is 6.32. The lowest BCUT2D eigenvalue weighted by Gasteiger charge is -2.52. The summed E-state index contributed by atoms with van der Waals surface area (Å²) in [4.78, 5) is 12.5. The standard InChI is InChI=1S/C14H22O2/c1-9-5-6-10-11(15)14(16)8-4-7-13(9,14)12(10,2)3/h9-10,16H,4-8H2,1-3H3/t9-,10-,13-,14+/m1/s1. The summed E-state index contributed by atoms with van der Waals surface area (Å²) < 4.78 is 0. The zero-order valence-electron chi connectivity index (χ0n) is 10.5. The molecule has 0 radical (unpaired) electrons. The Hall–Kier alpha value is -0.370. The second kappa shape index (κ2) is 2.72. The number of Topliss-reactive ketones (excluding diaryl/α,β-unsaturated/α-hetero) is 1. The molecule has 2 heteroatoms. The van der Waals surface area contributed by atoms with Gasteiger partial charge in [-0.1, -0.05) is 20.8 Å². The van der Waals surface area contributed by atoms with Gasteiger partial charge >= 0.3 is 0 Å². The number of hydrogen-bond acceptors (Lipinski definition) is 2. The maximum absolute atomic E-state index is 12.5. The van der Waals surface area contributed by atoms with Gasteiger partial charge in [0.1, 0.15) is 5.60 Å². The van der Waals surface area contributed by atoms with E-state index in [0.29, 0.717) is 12.3 Å². The van der Waals surface area contributed by atoms with Crippen molar-refractivity contribution in [2.75, 3.05) is 0 Å². The predicted octanol–water partition coefficient (Wildman–Crippen LogP) is 2.54. The van der Waals surface area contributed by atoms with Crippen molar-refractivity contribution in [1.29, 1.82) is 0 Å². The fourth-order valence-corrected chi connectivity index (χ4v) is 5.62. The number of carbonyl (C=O) groups is 1. The van der Waals surface area contributed by atoms with Gasteiger partial charge in [-0.25, -0.2) is 0 Å². The highest BCUT2D eigenvalue weighted by atomic mass is 16.3. The Balaban J connectivity index is 2.25. The molecule has 0 aromatic heterocycles. The maximum atomic E-state index is 12.5. The minimum atomic E-state index is -0.989. The lowest BCUT2D eigenvalue weighted by atomic mass is 9.51. The number of carbonyl (C=O) groups excluding carboxylic acids is 1. The van der Waals surface area contributed by atoms with Crippen molar-refractivity contribution in [3.63, 3.8) is 0 Å². The van der Waals surface area contributed by atoms with Gasteiger partial charge < -0.3 is 5.11 Å². The van der Waals surface area contributed by atoms with Crippen LogP contribution in [-0.2, 0) is 4.79 Å². The van der Waals surface area contributed by atoms with E-state index in [-0.39, 0.29) is 22.5 Å². The van der Waals surface area contributed by atoms with E-state index >= 15 is 0 Å². The van der Waals surface area contributed by atoms with Crippen molar-refractivity contribution in [3.05, 3.63) is 0 Å². The molecular formula is C14H22O2. The van der Waals surface area contributed by atoms with Crippen LogP contribution >= 0.6 is 0 Å². The molecular weight excluding hydrogens is 200 g/mol. The van der Waals surface area contributed by atoms with Gasteiger partial charge in [-0.05, 0) is 43.4 Å². The molecule has 0 heterocycles. The van der Waals surface area contributed by atoms with Crippen molar-refractivity contribution in [2.45, 2.75) is 58.5 Å². The molecule has 0 saturated heterocycles. The highest BCUT2D eigenvalue weighted by Gasteiger charge is 2.76. The molecule has 0 aliphatic heterocycles. The first kappa shape index (κ1) is 10.8. The Kier molecular flexibility index (Phi) is 1.83. The van der Waals surface area contributed by atoms with E-state index in [4.69, 9.17) is 0 Å². The third kappa shape index (κ3) is 0.785. The van der Waals surface area contributed by atoms with E-state index in [0.717, 1.165) is 25.7 Å². The molecule has 3 aliphatic carbocycles. The maximum Gasteiger partial charge on any atom is 0.168 e. The number of rotatable bonds is 0. The highest BCUT2D eigenvalue weighted by molar-refractivity contribution is 5.95. The Labute approximate surface area is 97.4 Å². The van der Waals surface area contributed by atoms with Crippen LogP contribution in [0.3, 0.4) is 0 Å². The van der Waals surface area contributed by atoms with Crippen LogP contribution < -0.4 is 0 Å². The van der Waals surface area contributed by atoms with Crippen molar-refractivity contribution >= 4 is 5.78 Å². The Morgan fingerprint density at radius 2 is 1.94 bits per heavy atom. The molecule has 3 rings (SSSR count). The van der Waals surface area contributed by atoms with Crippen LogP contribution in [0.15, 0.2) is 0 Å². The van der Waals surface area contributed by atoms with Crippen LogP contribution in [0.2, 0.25) is 0 Å². The van der Waals surface area contributed by atoms with Gasteiger partial charge in [0, 0.05) is 11.3 Å². The minimum absolute atomic E-state index is 0.00694. The average molecular weight is 222 g/mol. The first-order valence-electron chi connectivity index (χ1n) is 6.64. The molecule has 3 fully saturated rings. The second-order valence-corrected chi connectivity index (χ2v) is 6.80. The molecule has 2 nitrogen and oxygen atoms in total. The summed E-state index contributed by atoms with van der Waals surface area (Å²) in [7, 11) is 0. The van der Waals surface area contributed by atoms with Crippen molar-refractivity contribution in [1.82, 2.24) is 0 Å². The number of ketones is 1. The summed E-state index contributed by atoms with van der Waals surface area (Å²) in [5, 5.41) is 10.9. The molecule has 2 bridgehead atoms. The number of hydrogen-bond donors (Lipinski definition) is 1. The van der Waals surface area contributed by atoms with Crippen LogP contribution in [-0.4, -0.2) is 16.5 Å². The fraction of sp³-hybridized carbons (Fsp3) is 0.929. The molecule has 0 amide bonds. The topological polar surface area (TPSA) is 37.3 Å². The first-order chi connectivity index (χ1) is 7.38. The zero-order valence-corrected chi connectivity index (χ0v) is 10.5. The summed E-state index contributed by atoms with van der Waals surface area (Å²) in [5.74, 6) is 0.756. The Morgan fingerprint density at radius 1 is 1.25 bits per heavy atom. The third-order valence-electron chi connectivity index (χ3n) is 6.32. The van der Waals surface area contributed by atoms with Crippen LogP contribution in [0.1, 0.15) is 52.9 Å². The highest BCUT2D eigenvalue weighted by Crippen LogP contribution is 2.73. The molecule has 3 aliphatic rings. The van der Waals surface area contributed by atoms with Crippen molar-refractivity contribution in [3.8, 4) is 0 Å². The Morgan fingerprint density at radius 3 is 2.62 bits per heavy atom. The number of aliphatic hydroxyl groups is 1. The van der Waals surface area contributed by atoms with E-state index in [1.165, 1.54) is 0 Å². The Bertz CT molecular complexity index is 360. The summed E-state index contributed by atoms with van der Waals surface area (Å²) in [6, 6.07) is 0. The van der Waals surface area contributed by atoms with Crippen LogP contribution in [0.4, 0.5) is 0 Å². The molecule has 1 N–H and O–H groups in total. The average Bonchev–Trinajstić information content (AvgIpc) is 2.58. The molecule has 4 atom stereocenters. The normalized spacial score (nSPS) is 54.1. The lowest BCUT2D eigenvalue weighted by Crippen LogP contribution is -2.53. The van der Waals surface area contributed by atoms with Gasteiger partial charge in [0.05, 0.1) is 0 Å². The summed E-state index contributed by atoms with van der Waals surface area (Å²) in [5.41, 5.74) is -1.12. The van der Waals surface area contributed by atoms with E-state index in [9.17, 15) is 9.90 Å². The summed E-state index contributed by atoms with van der Waals surface area (Å²) >= 11 is 0. The van der Waals surface area contributed by atoms with Gasteiger partial charge in [-0.15, -0.1) is 0 Å². The SMILES string of the molecule is C[C@@H]1CC[C@@H]2C(=O)[C@@]3(O)CCC[C@]13C2(C)C. The first-order valence-corrected chi connectivity index (χ1v) is 6.64. The smallest absolute Gasteiger partial charge is 0.168 e. The monoisotopic (exact) mass is 222 g/mol. The molecule has 0 aromatic rings. The van der Waals surface area contributed by atoms with Crippen LogP contribution in [0.25, 0.3) is 0 Å². The molecule has 90 valence electrons. The predicted molar refractivity (Wildman–Crippen MR) is 61.9 cm³/mol. The van der Waals surface area contributed by atoms with E-state index in [1.807, 2.05) is 0 Å². The minimum Gasteiger partial charge on any atom is -0.381 e. The fourth-order valence-electron chi connectivity index (χ4n) is 5.62. The van der Waals surface area contributed by atoms with Gasteiger partial charge in [-0.3, -0.25) is 4.79 Å². The summed E-state index contributed by atoms with van der Waals surface area (Å²) in [6.45, 7) is 6.68. The van der Waals surface area contributed by atoms with Gasteiger partial charge in [0.15, 0.2) is 5.78 Å². The molecule has 1 spiro atoms. The van der Waals surface area contributed by atoms with Crippen LogP contribution in [0.5, 0.6) is 0 Å². The summed E-state index contributed by atoms with van der Waals surface area (Å²) in [6.07, 6.45) is 4.86. The van der Waals surface area contributed by atoms with Crippen LogP contribution in [0, 0.1) is 22.7 Å². The van der Waals surface area contributed by atoms with Gasteiger partial charge in [0.2, 0.25) is 0 Å². The number of fused-ring (bicyclic) bond motifs is 1. The second-order valence-electron chi connectivity index (χ2n) is 6.80. The van der Waals surface area contributed by atoms with Gasteiger partial charge in [-0.2, -0.15) is 0 Å². The lowest BCUT2D eigenvalue weighted by molar-refractivity contribution is -0.149. The quantitative estimate of drug-likeness (QED) is 0.684. The van der Waals surface area contributed by atoms with Gasteiger partial charge in [0.25, 0.3) is 0 Å². The molecule has 16 heavy (non-hydrogen) atoms. The van der Waals surface area contributed by atoms with E-state index in [1.54, 1.807) is 0 Å². The van der Waals surface area contributed by atoms with E-state index < -0.39 is 5.60 Å². The molecule has 0 aromatic carbocycles. The van der Waals surface area contributed by atoms with E-state index in [2.05, 4.69) is 20.8 Å². The van der Waals surface area contributed by atoms with Crippen molar-refractivity contribution < 1.29 is 9.90 Å². The zero-order chi connectivity index (χ0) is 11.8. The van der Waals surface area contributed by atoms with Crippen molar-refractivity contribution in [2.24, 2.45) is 22.7 Å².